The quantitative estimate of drug-likeness (QED) is 0.165. The van der Waals surface area contributed by atoms with Crippen LogP contribution in [0.4, 0.5) is 0 Å². The van der Waals surface area contributed by atoms with Crippen molar-refractivity contribution in [3.8, 4) is 44.5 Å². The highest BCUT2D eigenvalue weighted by Crippen LogP contribution is 2.55. The van der Waals surface area contributed by atoms with Crippen LogP contribution in [0.3, 0.4) is 0 Å². The molecule has 0 unspecified atom stereocenters. The van der Waals surface area contributed by atoms with Crippen molar-refractivity contribution in [2.75, 3.05) is 0 Å². The van der Waals surface area contributed by atoms with Crippen LogP contribution in [0.25, 0.3) is 44.5 Å². The van der Waals surface area contributed by atoms with Crippen LogP contribution in [-0.2, 0) is 10.8 Å². The maximum atomic E-state index is 2.39. The number of hydrogen-bond acceptors (Lipinski definition) is 0. The van der Waals surface area contributed by atoms with E-state index >= 15 is 0 Å². The molecule has 2 aliphatic carbocycles. The van der Waals surface area contributed by atoms with Crippen molar-refractivity contribution < 1.29 is 0 Å². The van der Waals surface area contributed by atoms with Gasteiger partial charge >= 0.3 is 0 Å². The standard InChI is InChI=1S/C49H40/c1-3-4-32-49(46-22-11-7-18-42(46)43-19-8-12-23-47(43)49)39-30-26-35(27-31-39)37-15-13-14-36(33-37)34-24-28-38(29-25-34)48(2)44-20-9-5-16-40(44)41-17-6-10-21-45(41)48/h5-31,33H,3-4,32H2,1-2H3. The average molecular weight is 629 g/mol. The first-order chi connectivity index (χ1) is 24.1. The molecule has 0 nitrogen and oxygen atoms in total. The largest absolute Gasteiger partial charge is 0.0654 e. The Morgan fingerprint density at radius 2 is 0.796 bits per heavy atom. The monoisotopic (exact) mass is 628 g/mol. The van der Waals surface area contributed by atoms with Crippen LogP contribution in [0.15, 0.2) is 170 Å². The molecule has 9 rings (SSSR count). The molecular weight excluding hydrogens is 589 g/mol. The molecule has 0 radical (unpaired) electrons. The molecule has 0 amide bonds. The zero-order valence-corrected chi connectivity index (χ0v) is 28.3. The Kier molecular flexibility index (Phi) is 7.02. The van der Waals surface area contributed by atoms with Crippen LogP contribution in [-0.4, -0.2) is 0 Å². The van der Waals surface area contributed by atoms with Crippen molar-refractivity contribution in [1.29, 1.82) is 0 Å². The Labute approximate surface area is 290 Å². The summed E-state index contributed by atoms with van der Waals surface area (Å²) in [5.41, 5.74) is 18.5. The zero-order valence-electron chi connectivity index (χ0n) is 28.3. The van der Waals surface area contributed by atoms with Gasteiger partial charge in [0.25, 0.3) is 0 Å². The van der Waals surface area contributed by atoms with Crippen molar-refractivity contribution in [3.05, 3.63) is 203 Å². The lowest BCUT2D eigenvalue weighted by Crippen LogP contribution is -2.27. The van der Waals surface area contributed by atoms with E-state index in [2.05, 4.69) is 184 Å². The summed E-state index contributed by atoms with van der Waals surface area (Å²) in [6.07, 6.45) is 3.47. The first-order valence-electron chi connectivity index (χ1n) is 17.8. The van der Waals surface area contributed by atoms with Gasteiger partial charge in [-0.2, -0.15) is 0 Å². The molecule has 2 aliphatic rings. The van der Waals surface area contributed by atoms with Gasteiger partial charge in [0, 0.05) is 10.8 Å². The molecule has 49 heavy (non-hydrogen) atoms. The van der Waals surface area contributed by atoms with Gasteiger partial charge in [0.05, 0.1) is 0 Å². The Bertz CT molecular complexity index is 2230. The van der Waals surface area contributed by atoms with Crippen LogP contribution >= 0.6 is 0 Å². The van der Waals surface area contributed by atoms with E-state index in [1.165, 1.54) is 90.7 Å². The third kappa shape index (κ3) is 4.44. The number of unbranched alkanes of at least 4 members (excludes halogenated alkanes) is 1. The summed E-state index contributed by atoms with van der Waals surface area (Å²) >= 11 is 0. The zero-order chi connectivity index (χ0) is 33.0. The molecule has 0 spiro atoms. The van der Waals surface area contributed by atoms with Crippen LogP contribution in [0.1, 0.15) is 66.5 Å². The lowest BCUT2D eigenvalue weighted by molar-refractivity contribution is 0.538. The fraction of sp³-hybridized carbons (Fsp3) is 0.143. The molecule has 0 aliphatic heterocycles. The lowest BCUT2D eigenvalue weighted by atomic mass is 9.69. The second-order valence-corrected chi connectivity index (χ2v) is 14.1. The Morgan fingerprint density at radius 1 is 0.388 bits per heavy atom. The van der Waals surface area contributed by atoms with Crippen molar-refractivity contribution >= 4 is 0 Å². The summed E-state index contributed by atoms with van der Waals surface area (Å²) in [5.74, 6) is 0. The van der Waals surface area contributed by atoms with E-state index in [9.17, 15) is 0 Å². The number of benzene rings is 7. The predicted octanol–water partition coefficient (Wildman–Crippen LogP) is 12.9. The van der Waals surface area contributed by atoms with Gasteiger partial charge in [-0.3, -0.25) is 0 Å². The molecular formula is C49H40. The molecule has 0 bridgehead atoms. The minimum atomic E-state index is -0.176. The third-order valence-electron chi connectivity index (χ3n) is 11.6. The van der Waals surface area contributed by atoms with Gasteiger partial charge in [0.2, 0.25) is 0 Å². The van der Waals surface area contributed by atoms with Crippen molar-refractivity contribution in [2.24, 2.45) is 0 Å². The van der Waals surface area contributed by atoms with Gasteiger partial charge < -0.3 is 0 Å². The summed E-state index contributed by atoms with van der Waals surface area (Å²) in [4.78, 5) is 0. The number of rotatable bonds is 7. The first-order valence-corrected chi connectivity index (χ1v) is 17.8. The number of hydrogen-bond donors (Lipinski definition) is 0. The molecule has 0 heterocycles. The minimum absolute atomic E-state index is 0.123. The molecule has 0 aromatic heterocycles. The van der Waals surface area contributed by atoms with E-state index in [0.717, 1.165) is 6.42 Å². The molecule has 7 aromatic carbocycles. The fourth-order valence-electron chi connectivity index (χ4n) is 9.08. The molecule has 7 aromatic rings. The summed E-state index contributed by atoms with van der Waals surface area (Å²) in [6.45, 7) is 4.68. The predicted molar refractivity (Wildman–Crippen MR) is 206 cm³/mol. The highest BCUT2D eigenvalue weighted by molar-refractivity contribution is 5.85. The summed E-state index contributed by atoms with van der Waals surface area (Å²) in [7, 11) is 0. The van der Waals surface area contributed by atoms with Gasteiger partial charge in [-0.1, -0.05) is 184 Å². The van der Waals surface area contributed by atoms with Crippen molar-refractivity contribution in [2.45, 2.75) is 43.9 Å². The highest BCUT2D eigenvalue weighted by Gasteiger charge is 2.44. The van der Waals surface area contributed by atoms with E-state index in [1.807, 2.05) is 0 Å². The second kappa shape index (κ2) is 11.6. The molecule has 0 heteroatoms. The van der Waals surface area contributed by atoms with Gasteiger partial charge in [-0.05, 0) is 97.3 Å². The Morgan fingerprint density at radius 3 is 1.27 bits per heavy atom. The highest BCUT2D eigenvalue weighted by atomic mass is 14.5. The first kappa shape index (κ1) is 29.7. The van der Waals surface area contributed by atoms with E-state index in [1.54, 1.807) is 0 Å². The van der Waals surface area contributed by atoms with Crippen LogP contribution in [0.5, 0.6) is 0 Å². The SMILES string of the molecule is CCCCC1(c2ccc(-c3cccc(-c4ccc(C5(C)c6ccccc6-c6ccccc65)cc4)c3)cc2)c2ccccc2-c2ccccc21. The Hall–Kier alpha value is -5.46. The van der Waals surface area contributed by atoms with Gasteiger partial charge in [0.1, 0.15) is 0 Å². The lowest BCUT2D eigenvalue weighted by Gasteiger charge is -2.33. The Balaban J connectivity index is 1.05. The molecule has 0 N–H and O–H groups in total. The van der Waals surface area contributed by atoms with E-state index in [4.69, 9.17) is 0 Å². The van der Waals surface area contributed by atoms with E-state index < -0.39 is 0 Å². The molecule has 0 saturated heterocycles. The van der Waals surface area contributed by atoms with Crippen LogP contribution in [0, 0.1) is 0 Å². The topological polar surface area (TPSA) is 0 Å². The molecule has 0 saturated carbocycles. The summed E-state index contributed by atoms with van der Waals surface area (Å²) in [6, 6.07) is 63.7. The maximum Gasteiger partial charge on any atom is 0.0463 e. The van der Waals surface area contributed by atoms with Crippen LogP contribution < -0.4 is 0 Å². The fourth-order valence-corrected chi connectivity index (χ4v) is 9.08. The van der Waals surface area contributed by atoms with E-state index in [0.29, 0.717) is 0 Å². The maximum absolute atomic E-state index is 2.39. The molecule has 236 valence electrons. The third-order valence-corrected chi connectivity index (χ3v) is 11.6. The molecule has 0 atom stereocenters. The second-order valence-electron chi connectivity index (χ2n) is 14.1. The average Bonchev–Trinajstić information content (AvgIpc) is 3.62. The summed E-state index contributed by atoms with van der Waals surface area (Å²) < 4.78 is 0. The number of fused-ring (bicyclic) bond motifs is 6. The van der Waals surface area contributed by atoms with Gasteiger partial charge in [-0.15, -0.1) is 0 Å². The molecule has 0 fully saturated rings. The van der Waals surface area contributed by atoms with Gasteiger partial charge in [-0.25, -0.2) is 0 Å². The smallest absolute Gasteiger partial charge is 0.0463 e. The van der Waals surface area contributed by atoms with Crippen molar-refractivity contribution in [3.63, 3.8) is 0 Å². The van der Waals surface area contributed by atoms with Crippen LogP contribution in [0.2, 0.25) is 0 Å². The van der Waals surface area contributed by atoms with Crippen molar-refractivity contribution in [1.82, 2.24) is 0 Å². The summed E-state index contributed by atoms with van der Waals surface area (Å²) in [5, 5.41) is 0. The van der Waals surface area contributed by atoms with E-state index in [-0.39, 0.29) is 10.8 Å². The van der Waals surface area contributed by atoms with Gasteiger partial charge in [0.15, 0.2) is 0 Å². The minimum Gasteiger partial charge on any atom is -0.0654 e. The normalized spacial score (nSPS) is 14.5.